The van der Waals surface area contributed by atoms with Gasteiger partial charge in [-0.1, -0.05) is 42.5 Å². The summed E-state index contributed by atoms with van der Waals surface area (Å²) in [5.41, 5.74) is 2.77. The first-order valence-electron chi connectivity index (χ1n) is 9.65. The van der Waals surface area contributed by atoms with Crippen LogP contribution in [0.25, 0.3) is 0 Å². The minimum atomic E-state index is -3.52. The van der Waals surface area contributed by atoms with Crippen LogP contribution in [0.4, 0.5) is 0 Å². The van der Waals surface area contributed by atoms with Crippen LogP contribution in [0.5, 0.6) is 0 Å². The molecule has 1 heterocycles. The molecule has 6 heteroatoms. The highest BCUT2D eigenvalue weighted by atomic mass is 32.2. The van der Waals surface area contributed by atoms with E-state index in [1.54, 1.807) is 11.0 Å². The summed E-state index contributed by atoms with van der Waals surface area (Å²) in [6.45, 7) is 5.05. The third-order valence-electron chi connectivity index (χ3n) is 5.40. The molecule has 0 radical (unpaired) electrons. The number of sulfonamides is 1. The normalized spacial score (nSPS) is 16.1. The molecule has 0 aliphatic carbocycles. The lowest BCUT2D eigenvalue weighted by molar-refractivity contribution is -0.135. The highest BCUT2D eigenvalue weighted by Crippen LogP contribution is 2.27. The van der Waals surface area contributed by atoms with E-state index in [4.69, 9.17) is 0 Å². The molecule has 1 saturated heterocycles. The first kappa shape index (κ1) is 20.6. The maximum Gasteiger partial charge on any atom is 0.243 e. The van der Waals surface area contributed by atoms with Crippen LogP contribution >= 0.6 is 0 Å². The lowest BCUT2D eigenvalue weighted by Gasteiger charge is -2.33. The van der Waals surface area contributed by atoms with Crippen molar-refractivity contribution in [1.29, 1.82) is 0 Å². The van der Waals surface area contributed by atoms with E-state index >= 15 is 0 Å². The van der Waals surface area contributed by atoms with Gasteiger partial charge >= 0.3 is 0 Å². The van der Waals surface area contributed by atoms with Crippen LogP contribution in [0.15, 0.2) is 53.4 Å². The first-order valence-corrected chi connectivity index (χ1v) is 11.1. The number of benzene rings is 2. The molecule has 1 fully saturated rings. The summed E-state index contributed by atoms with van der Waals surface area (Å²) < 4.78 is 27.6. The number of aryl methyl sites for hydroxylation is 2. The molecule has 2 aromatic carbocycles. The first-order chi connectivity index (χ1) is 13.3. The van der Waals surface area contributed by atoms with E-state index in [1.807, 2.05) is 63.4 Å². The van der Waals surface area contributed by atoms with Crippen LogP contribution in [0, 0.1) is 19.8 Å². The molecule has 0 unspecified atom stereocenters. The third-order valence-corrected chi connectivity index (χ3v) is 7.44. The van der Waals surface area contributed by atoms with Gasteiger partial charge in [-0.05, 0) is 49.4 Å². The van der Waals surface area contributed by atoms with E-state index in [9.17, 15) is 13.2 Å². The fraction of sp³-hybridized carbons (Fsp3) is 0.409. The van der Waals surface area contributed by atoms with Gasteiger partial charge in [0.1, 0.15) is 0 Å². The molecule has 0 aromatic heterocycles. The van der Waals surface area contributed by atoms with Gasteiger partial charge in [-0.25, -0.2) is 8.42 Å². The second-order valence-electron chi connectivity index (χ2n) is 7.63. The fourth-order valence-corrected chi connectivity index (χ4v) is 5.49. The van der Waals surface area contributed by atoms with Crippen LogP contribution in [0.2, 0.25) is 0 Å². The second-order valence-corrected chi connectivity index (χ2v) is 9.53. The molecule has 0 spiro atoms. The zero-order valence-corrected chi connectivity index (χ0v) is 17.6. The summed E-state index contributed by atoms with van der Waals surface area (Å²) in [5, 5.41) is 0. The van der Waals surface area contributed by atoms with Crippen LogP contribution in [-0.2, 0) is 21.4 Å². The summed E-state index contributed by atoms with van der Waals surface area (Å²) >= 11 is 0. The van der Waals surface area contributed by atoms with Crippen molar-refractivity contribution in [3.8, 4) is 0 Å². The van der Waals surface area contributed by atoms with Gasteiger partial charge in [0.05, 0.1) is 4.90 Å². The molecule has 150 valence electrons. The number of carbonyl (C=O) groups excluding carboxylic acids is 1. The Labute approximate surface area is 168 Å². The quantitative estimate of drug-likeness (QED) is 0.773. The van der Waals surface area contributed by atoms with Crippen LogP contribution in [0.1, 0.15) is 29.5 Å². The minimum absolute atomic E-state index is 0.0904. The molecule has 28 heavy (non-hydrogen) atoms. The predicted octanol–water partition coefficient (Wildman–Crippen LogP) is 3.36. The van der Waals surface area contributed by atoms with Crippen molar-refractivity contribution >= 4 is 15.9 Å². The van der Waals surface area contributed by atoms with Crippen molar-refractivity contribution in [2.24, 2.45) is 5.92 Å². The molecule has 1 amide bonds. The molecule has 3 rings (SSSR count). The highest BCUT2D eigenvalue weighted by Gasteiger charge is 2.33. The lowest BCUT2D eigenvalue weighted by atomic mass is 9.96. The summed E-state index contributed by atoms with van der Waals surface area (Å²) in [4.78, 5) is 14.9. The van der Waals surface area contributed by atoms with Crippen molar-refractivity contribution in [3.63, 3.8) is 0 Å². The second kappa shape index (κ2) is 8.45. The zero-order chi connectivity index (χ0) is 20.3. The van der Waals surface area contributed by atoms with E-state index in [0.29, 0.717) is 37.4 Å². The van der Waals surface area contributed by atoms with Crippen LogP contribution in [0.3, 0.4) is 0 Å². The van der Waals surface area contributed by atoms with Crippen LogP contribution in [-0.4, -0.2) is 43.7 Å². The molecule has 0 atom stereocenters. The molecule has 2 aromatic rings. The van der Waals surface area contributed by atoms with Gasteiger partial charge < -0.3 is 4.90 Å². The van der Waals surface area contributed by atoms with Gasteiger partial charge in [0, 0.05) is 32.6 Å². The third kappa shape index (κ3) is 4.45. The van der Waals surface area contributed by atoms with E-state index in [1.165, 1.54) is 4.31 Å². The van der Waals surface area contributed by atoms with Crippen molar-refractivity contribution in [2.45, 2.75) is 38.1 Å². The number of nitrogens with zero attached hydrogens (tertiary/aromatic N) is 2. The minimum Gasteiger partial charge on any atom is -0.341 e. The van der Waals surface area contributed by atoms with Crippen LogP contribution < -0.4 is 0 Å². The lowest BCUT2D eigenvalue weighted by Crippen LogP contribution is -2.43. The number of amides is 1. The Kier molecular flexibility index (Phi) is 6.20. The van der Waals surface area contributed by atoms with Crippen molar-refractivity contribution in [1.82, 2.24) is 9.21 Å². The molecular weight excluding hydrogens is 372 g/mol. The molecule has 1 aliphatic heterocycles. The number of carbonyl (C=O) groups is 1. The number of rotatable bonds is 5. The Balaban J connectivity index is 1.63. The SMILES string of the molecule is Cc1ccc(C)c(S(=O)(=O)N2CCC(C(=O)N(C)Cc3ccccc3)CC2)c1. The maximum atomic E-state index is 13.0. The van der Waals surface area contributed by atoms with Crippen molar-refractivity contribution in [3.05, 3.63) is 65.2 Å². The topological polar surface area (TPSA) is 57.7 Å². The van der Waals surface area contributed by atoms with E-state index in [-0.39, 0.29) is 11.8 Å². The summed E-state index contributed by atoms with van der Waals surface area (Å²) in [6, 6.07) is 15.4. The molecule has 1 aliphatic rings. The zero-order valence-electron chi connectivity index (χ0n) is 16.8. The Morgan fingerprint density at radius 1 is 1.07 bits per heavy atom. The standard InChI is InChI=1S/C22H28N2O3S/c1-17-9-10-18(2)21(15-17)28(26,27)24-13-11-20(12-14-24)22(25)23(3)16-19-7-5-4-6-8-19/h4-10,15,20H,11-14,16H2,1-3H3. The average molecular weight is 401 g/mol. The Morgan fingerprint density at radius 2 is 1.71 bits per heavy atom. The molecule has 0 N–H and O–H groups in total. The smallest absolute Gasteiger partial charge is 0.243 e. The largest absolute Gasteiger partial charge is 0.341 e. The summed E-state index contributed by atoms with van der Waals surface area (Å²) in [6.07, 6.45) is 1.12. The molecule has 0 saturated carbocycles. The maximum absolute atomic E-state index is 13.0. The Hall–Kier alpha value is -2.18. The fourth-order valence-electron chi connectivity index (χ4n) is 3.71. The van der Waals surface area contributed by atoms with Gasteiger partial charge in [-0.15, -0.1) is 0 Å². The van der Waals surface area contributed by atoms with Gasteiger partial charge in [-0.2, -0.15) is 4.31 Å². The van der Waals surface area contributed by atoms with Gasteiger partial charge in [0.15, 0.2) is 0 Å². The van der Waals surface area contributed by atoms with Gasteiger partial charge in [0.25, 0.3) is 0 Å². The van der Waals surface area contributed by atoms with Crippen molar-refractivity contribution in [2.75, 3.05) is 20.1 Å². The predicted molar refractivity (Wildman–Crippen MR) is 110 cm³/mol. The number of hydrogen-bond acceptors (Lipinski definition) is 3. The Morgan fingerprint density at radius 3 is 2.36 bits per heavy atom. The molecule has 5 nitrogen and oxygen atoms in total. The molecular formula is C22H28N2O3S. The monoisotopic (exact) mass is 400 g/mol. The summed E-state index contributed by atoms with van der Waals surface area (Å²) in [7, 11) is -1.71. The molecule has 0 bridgehead atoms. The van der Waals surface area contributed by atoms with Crippen molar-refractivity contribution < 1.29 is 13.2 Å². The van der Waals surface area contributed by atoms with E-state index in [0.717, 1.165) is 16.7 Å². The Bertz CT molecular complexity index is 934. The number of hydrogen-bond donors (Lipinski definition) is 0. The average Bonchev–Trinajstić information content (AvgIpc) is 2.70. The van der Waals surface area contributed by atoms with Gasteiger partial charge in [0.2, 0.25) is 15.9 Å². The number of piperidine rings is 1. The highest BCUT2D eigenvalue weighted by molar-refractivity contribution is 7.89. The summed E-state index contributed by atoms with van der Waals surface area (Å²) in [5.74, 6) is -0.0357. The van der Waals surface area contributed by atoms with Gasteiger partial charge in [-0.3, -0.25) is 4.79 Å². The van der Waals surface area contributed by atoms with E-state index in [2.05, 4.69) is 0 Å². The van der Waals surface area contributed by atoms with E-state index < -0.39 is 10.0 Å².